The van der Waals surface area contributed by atoms with Crippen LogP contribution in [0, 0.1) is 5.92 Å². The highest BCUT2D eigenvalue weighted by Gasteiger charge is 2.45. The molecular formula is C12H12O3. The van der Waals surface area contributed by atoms with E-state index in [2.05, 4.69) is 0 Å². The van der Waals surface area contributed by atoms with E-state index in [4.69, 9.17) is 9.84 Å². The predicted molar refractivity (Wildman–Crippen MR) is 54.1 cm³/mol. The zero-order chi connectivity index (χ0) is 10.4. The third kappa shape index (κ3) is 1.30. The molecule has 2 aliphatic rings. The fourth-order valence-electron chi connectivity index (χ4n) is 2.41. The quantitative estimate of drug-likeness (QED) is 0.799. The summed E-state index contributed by atoms with van der Waals surface area (Å²) < 4.78 is 5.47. The molecule has 1 aliphatic carbocycles. The molecule has 1 aromatic carbocycles. The molecule has 0 bridgehead atoms. The van der Waals surface area contributed by atoms with E-state index in [0.717, 1.165) is 25.2 Å². The van der Waals surface area contributed by atoms with Crippen molar-refractivity contribution in [1.82, 2.24) is 0 Å². The lowest BCUT2D eigenvalue weighted by Crippen LogP contribution is -2.00. The number of carboxylic acid groups (broad SMARTS) is 1. The minimum absolute atomic E-state index is 0.169. The molecule has 0 saturated heterocycles. The van der Waals surface area contributed by atoms with Crippen LogP contribution in [0.4, 0.5) is 0 Å². The van der Waals surface area contributed by atoms with E-state index in [1.165, 1.54) is 11.1 Å². The fourth-order valence-corrected chi connectivity index (χ4v) is 2.41. The van der Waals surface area contributed by atoms with Gasteiger partial charge in [-0.25, -0.2) is 0 Å². The maximum Gasteiger partial charge on any atom is 0.307 e. The lowest BCUT2D eigenvalue weighted by Gasteiger charge is -2.05. The molecule has 2 atom stereocenters. The molecule has 3 rings (SSSR count). The molecule has 0 radical (unpaired) electrons. The van der Waals surface area contributed by atoms with Crippen molar-refractivity contribution in [2.75, 3.05) is 6.61 Å². The van der Waals surface area contributed by atoms with Gasteiger partial charge in [-0.3, -0.25) is 4.79 Å². The zero-order valence-corrected chi connectivity index (χ0v) is 8.27. The van der Waals surface area contributed by atoms with Crippen LogP contribution < -0.4 is 4.74 Å². The number of carboxylic acids is 1. The molecule has 1 N–H and O–H groups in total. The molecule has 0 aromatic heterocycles. The standard InChI is InChI=1S/C12H12O3/c13-12(14)10-6-9(10)7-2-1-3-11-8(7)4-5-15-11/h1-3,9-10H,4-6H2,(H,13,14)/t9-,10?/m1/s1. The molecule has 15 heavy (non-hydrogen) atoms. The molecular weight excluding hydrogens is 192 g/mol. The van der Waals surface area contributed by atoms with Crippen LogP contribution in [0.15, 0.2) is 18.2 Å². The second-order valence-corrected chi connectivity index (χ2v) is 4.21. The minimum Gasteiger partial charge on any atom is -0.493 e. The van der Waals surface area contributed by atoms with Crippen molar-refractivity contribution >= 4 is 5.97 Å². The summed E-state index contributed by atoms with van der Waals surface area (Å²) in [6, 6.07) is 5.96. The predicted octanol–water partition coefficient (Wildman–Crippen LogP) is 1.81. The maximum absolute atomic E-state index is 10.8. The second-order valence-electron chi connectivity index (χ2n) is 4.21. The largest absolute Gasteiger partial charge is 0.493 e. The molecule has 78 valence electrons. The van der Waals surface area contributed by atoms with Crippen LogP contribution in [0.3, 0.4) is 0 Å². The highest BCUT2D eigenvalue weighted by molar-refractivity contribution is 5.75. The number of rotatable bonds is 2. The second kappa shape index (κ2) is 2.99. The van der Waals surface area contributed by atoms with Gasteiger partial charge in [-0.2, -0.15) is 0 Å². The first-order chi connectivity index (χ1) is 7.27. The van der Waals surface area contributed by atoms with Gasteiger partial charge in [0.15, 0.2) is 0 Å². The Bertz CT molecular complexity index is 425. The van der Waals surface area contributed by atoms with Crippen molar-refractivity contribution in [1.29, 1.82) is 0 Å². The Morgan fingerprint density at radius 1 is 1.47 bits per heavy atom. The van der Waals surface area contributed by atoms with Crippen molar-refractivity contribution in [2.24, 2.45) is 5.92 Å². The van der Waals surface area contributed by atoms with Crippen molar-refractivity contribution < 1.29 is 14.6 Å². The number of aliphatic carboxylic acids is 1. The fraction of sp³-hybridized carbons (Fsp3) is 0.417. The molecule has 3 nitrogen and oxygen atoms in total. The van der Waals surface area contributed by atoms with Gasteiger partial charge in [0.1, 0.15) is 5.75 Å². The Hall–Kier alpha value is -1.51. The first-order valence-electron chi connectivity index (χ1n) is 5.25. The third-order valence-corrected chi connectivity index (χ3v) is 3.29. The monoisotopic (exact) mass is 204 g/mol. The van der Waals surface area contributed by atoms with Crippen molar-refractivity contribution in [2.45, 2.75) is 18.8 Å². The average molecular weight is 204 g/mol. The Balaban J connectivity index is 1.94. The number of hydrogen-bond acceptors (Lipinski definition) is 2. The van der Waals surface area contributed by atoms with Crippen LogP contribution in [-0.2, 0) is 11.2 Å². The van der Waals surface area contributed by atoms with Gasteiger partial charge in [0.05, 0.1) is 12.5 Å². The Morgan fingerprint density at radius 2 is 2.33 bits per heavy atom. The lowest BCUT2D eigenvalue weighted by atomic mass is 10.00. The van der Waals surface area contributed by atoms with Crippen LogP contribution in [0.2, 0.25) is 0 Å². The van der Waals surface area contributed by atoms with Crippen molar-refractivity contribution in [3.05, 3.63) is 29.3 Å². The van der Waals surface area contributed by atoms with Gasteiger partial charge in [-0.15, -0.1) is 0 Å². The van der Waals surface area contributed by atoms with E-state index in [1.807, 2.05) is 18.2 Å². The Labute approximate surface area is 87.7 Å². The van der Waals surface area contributed by atoms with Gasteiger partial charge >= 0.3 is 5.97 Å². The van der Waals surface area contributed by atoms with E-state index in [9.17, 15) is 4.79 Å². The van der Waals surface area contributed by atoms with Crippen LogP contribution in [0.5, 0.6) is 5.75 Å². The molecule has 1 saturated carbocycles. The van der Waals surface area contributed by atoms with E-state index in [0.29, 0.717) is 0 Å². The third-order valence-electron chi connectivity index (χ3n) is 3.29. The molecule has 3 heteroatoms. The Kier molecular flexibility index (Phi) is 1.75. The van der Waals surface area contributed by atoms with Crippen molar-refractivity contribution in [3.63, 3.8) is 0 Å². The molecule has 0 spiro atoms. The molecule has 1 unspecified atom stereocenters. The van der Waals surface area contributed by atoms with E-state index in [1.54, 1.807) is 0 Å². The van der Waals surface area contributed by atoms with Gasteiger partial charge in [0.25, 0.3) is 0 Å². The Morgan fingerprint density at radius 3 is 3.07 bits per heavy atom. The van der Waals surface area contributed by atoms with Gasteiger partial charge in [0.2, 0.25) is 0 Å². The number of fused-ring (bicyclic) bond motifs is 1. The molecule has 1 aliphatic heterocycles. The minimum atomic E-state index is -0.670. The zero-order valence-electron chi connectivity index (χ0n) is 8.27. The summed E-state index contributed by atoms with van der Waals surface area (Å²) in [6.07, 6.45) is 1.71. The summed E-state index contributed by atoms with van der Waals surface area (Å²) in [4.78, 5) is 10.8. The summed E-state index contributed by atoms with van der Waals surface area (Å²) in [6.45, 7) is 0.733. The number of carbonyl (C=O) groups is 1. The van der Waals surface area contributed by atoms with E-state index >= 15 is 0 Å². The van der Waals surface area contributed by atoms with Crippen LogP contribution in [-0.4, -0.2) is 17.7 Å². The summed E-state index contributed by atoms with van der Waals surface area (Å²) in [5.41, 5.74) is 2.42. The SMILES string of the molecule is O=C(O)C1C[C@@H]1c1cccc2c1CCO2. The van der Waals surface area contributed by atoms with E-state index < -0.39 is 5.97 Å². The number of hydrogen-bond donors (Lipinski definition) is 1. The highest BCUT2D eigenvalue weighted by atomic mass is 16.5. The highest BCUT2D eigenvalue weighted by Crippen LogP contribution is 2.50. The van der Waals surface area contributed by atoms with Gasteiger partial charge in [-0.1, -0.05) is 12.1 Å². The topological polar surface area (TPSA) is 46.5 Å². The normalized spacial score (nSPS) is 26.9. The van der Waals surface area contributed by atoms with Gasteiger partial charge in [-0.05, 0) is 24.0 Å². The molecule has 1 heterocycles. The van der Waals surface area contributed by atoms with Crippen molar-refractivity contribution in [3.8, 4) is 5.75 Å². The number of ether oxygens (including phenoxy) is 1. The summed E-state index contributed by atoms with van der Waals surface area (Å²) in [5, 5.41) is 8.90. The van der Waals surface area contributed by atoms with Crippen LogP contribution >= 0.6 is 0 Å². The van der Waals surface area contributed by atoms with Crippen LogP contribution in [0.25, 0.3) is 0 Å². The van der Waals surface area contributed by atoms with Gasteiger partial charge in [0, 0.05) is 12.0 Å². The van der Waals surface area contributed by atoms with E-state index in [-0.39, 0.29) is 11.8 Å². The average Bonchev–Trinajstić information content (AvgIpc) is 2.87. The lowest BCUT2D eigenvalue weighted by molar-refractivity contribution is -0.138. The smallest absolute Gasteiger partial charge is 0.307 e. The molecule has 0 amide bonds. The van der Waals surface area contributed by atoms with Crippen LogP contribution in [0.1, 0.15) is 23.5 Å². The maximum atomic E-state index is 10.8. The number of benzene rings is 1. The first-order valence-corrected chi connectivity index (χ1v) is 5.25. The molecule has 1 aromatic rings. The molecule has 1 fully saturated rings. The summed E-state index contributed by atoms with van der Waals surface area (Å²) >= 11 is 0. The first kappa shape index (κ1) is 8.77. The summed E-state index contributed by atoms with van der Waals surface area (Å²) in [7, 11) is 0. The summed E-state index contributed by atoms with van der Waals surface area (Å²) in [5.74, 6) is 0.330. The van der Waals surface area contributed by atoms with Gasteiger partial charge < -0.3 is 9.84 Å².